The predicted octanol–water partition coefficient (Wildman–Crippen LogP) is 6.99. The monoisotopic (exact) mass is 524 g/mol. The van der Waals surface area contributed by atoms with E-state index >= 15 is 0 Å². The summed E-state index contributed by atoms with van der Waals surface area (Å²) in [5.74, 6) is -1.07. The van der Waals surface area contributed by atoms with Crippen LogP contribution in [0, 0.1) is 5.82 Å². The van der Waals surface area contributed by atoms with Crippen molar-refractivity contribution in [3.8, 4) is 0 Å². The van der Waals surface area contributed by atoms with Crippen molar-refractivity contribution in [2.75, 3.05) is 6.54 Å². The van der Waals surface area contributed by atoms with Gasteiger partial charge in [-0.2, -0.15) is 13.2 Å². The minimum Gasteiger partial charge on any atom is -0.390 e. The smallest absolute Gasteiger partial charge is 0.390 e. The van der Waals surface area contributed by atoms with E-state index in [0.29, 0.717) is 33.3 Å². The highest BCUT2D eigenvalue weighted by atomic mass is 35.5. The second-order valence-electron chi connectivity index (χ2n) is 7.99. The maximum Gasteiger partial charge on any atom is 0.416 e. The quantitative estimate of drug-likeness (QED) is 0.326. The first kappa shape index (κ1) is 25.0. The SMILES string of the molecule is O=C(c1cccc(F)c1)N(Cc1ccc(C(F)(F)F)cc1)CC1CC(c2ccc(Cl)c(Cl)c2)=NO1. The zero-order valence-electron chi connectivity index (χ0n) is 18.0. The van der Waals surface area contributed by atoms with Crippen LogP contribution >= 0.6 is 23.2 Å². The molecule has 1 atom stereocenters. The molecule has 1 amide bonds. The molecule has 1 aliphatic heterocycles. The van der Waals surface area contributed by atoms with Gasteiger partial charge in [-0.05, 0) is 48.0 Å². The summed E-state index contributed by atoms with van der Waals surface area (Å²) in [7, 11) is 0. The molecule has 0 aromatic heterocycles. The molecule has 1 aliphatic rings. The lowest BCUT2D eigenvalue weighted by molar-refractivity contribution is -0.137. The van der Waals surface area contributed by atoms with Crippen molar-refractivity contribution < 1.29 is 27.2 Å². The lowest BCUT2D eigenvalue weighted by Crippen LogP contribution is -2.37. The van der Waals surface area contributed by atoms with Crippen LogP contribution < -0.4 is 0 Å². The number of benzene rings is 3. The van der Waals surface area contributed by atoms with Gasteiger partial charge in [0.05, 0.1) is 27.9 Å². The molecule has 4 rings (SSSR count). The van der Waals surface area contributed by atoms with Crippen molar-refractivity contribution in [2.24, 2.45) is 5.16 Å². The summed E-state index contributed by atoms with van der Waals surface area (Å²) in [5.41, 5.74) is 1.13. The van der Waals surface area contributed by atoms with Crippen LogP contribution in [0.2, 0.25) is 10.0 Å². The topological polar surface area (TPSA) is 41.9 Å². The Kier molecular flexibility index (Phi) is 7.33. The van der Waals surface area contributed by atoms with Gasteiger partial charge in [-0.3, -0.25) is 4.79 Å². The summed E-state index contributed by atoms with van der Waals surface area (Å²) in [6.45, 7) is 0.0696. The molecule has 1 unspecified atom stereocenters. The second-order valence-corrected chi connectivity index (χ2v) is 8.80. The van der Waals surface area contributed by atoms with E-state index in [1.54, 1.807) is 18.2 Å². The van der Waals surface area contributed by atoms with Crippen molar-refractivity contribution in [3.63, 3.8) is 0 Å². The summed E-state index contributed by atoms with van der Waals surface area (Å²) in [6.07, 6.45) is -4.63. The predicted molar refractivity (Wildman–Crippen MR) is 125 cm³/mol. The summed E-state index contributed by atoms with van der Waals surface area (Å²) in [6, 6.07) is 14.8. The molecule has 0 radical (unpaired) electrons. The van der Waals surface area contributed by atoms with E-state index in [2.05, 4.69) is 5.16 Å². The summed E-state index contributed by atoms with van der Waals surface area (Å²) in [4.78, 5) is 20.1. The molecule has 3 aromatic carbocycles. The molecule has 182 valence electrons. The molecule has 35 heavy (non-hydrogen) atoms. The van der Waals surface area contributed by atoms with E-state index < -0.39 is 29.6 Å². The van der Waals surface area contributed by atoms with Gasteiger partial charge in [0.2, 0.25) is 0 Å². The number of amides is 1. The average Bonchev–Trinajstić information content (AvgIpc) is 3.28. The molecule has 0 fully saturated rings. The molecule has 0 saturated heterocycles. The Morgan fingerprint density at radius 1 is 1.03 bits per heavy atom. The highest BCUT2D eigenvalue weighted by Crippen LogP contribution is 2.30. The Morgan fingerprint density at radius 2 is 1.77 bits per heavy atom. The van der Waals surface area contributed by atoms with Gasteiger partial charge in [-0.25, -0.2) is 4.39 Å². The van der Waals surface area contributed by atoms with Gasteiger partial charge in [-0.15, -0.1) is 0 Å². The second kappa shape index (κ2) is 10.3. The molecule has 1 heterocycles. The number of oxime groups is 1. The number of alkyl halides is 3. The normalized spacial score (nSPS) is 15.5. The van der Waals surface area contributed by atoms with Crippen molar-refractivity contribution in [2.45, 2.75) is 25.2 Å². The van der Waals surface area contributed by atoms with Crippen LogP contribution in [0.1, 0.15) is 33.5 Å². The zero-order chi connectivity index (χ0) is 25.2. The van der Waals surface area contributed by atoms with Crippen molar-refractivity contribution in [1.29, 1.82) is 0 Å². The number of hydrogen-bond donors (Lipinski definition) is 0. The third kappa shape index (κ3) is 6.13. The number of carbonyl (C=O) groups excluding carboxylic acids is 1. The molecule has 0 spiro atoms. The molecule has 10 heteroatoms. The fourth-order valence-electron chi connectivity index (χ4n) is 3.66. The van der Waals surface area contributed by atoms with Crippen LogP contribution in [-0.4, -0.2) is 29.2 Å². The third-order valence-electron chi connectivity index (χ3n) is 5.42. The minimum atomic E-state index is -4.47. The van der Waals surface area contributed by atoms with Crippen molar-refractivity contribution in [1.82, 2.24) is 4.90 Å². The Hall–Kier alpha value is -3.10. The van der Waals surface area contributed by atoms with Gasteiger partial charge in [0.1, 0.15) is 5.82 Å². The fourth-order valence-corrected chi connectivity index (χ4v) is 3.96. The van der Waals surface area contributed by atoms with Crippen molar-refractivity contribution >= 4 is 34.8 Å². The zero-order valence-corrected chi connectivity index (χ0v) is 19.5. The number of nitrogens with zero attached hydrogens (tertiary/aromatic N) is 2. The Labute approximate surface area is 208 Å². The standard InChI is InChI=1S/C25H18Cl2F4N2O2/c26-21-9-6-16(11-22(21)27)23-12-20(35-32-23)14-33(24(34)17-2-1-3-19(28)10-17)13-15-4-7-18(8-5-15)25(29,30)31/h1-11,20H,12-14H2. The van der Waals surface area contributed by atoms with E-state index in [4.69, 9.17) is 28.0 Å². The Morgan fingerprint density at radius 3 is 2.43 bits per heavy atom. The Bertz CT molecular complexity index is 1260. The molecule has 3 aromatic rings. The van der Waals surface area contributed by atoms with Crippen LogP contribution in [0.4, 0.5) is 17.6 Å². The van der Waals surface area contributed by atoms with Gasteiger partial charge in [-0.1, -0.05) is 52.6 Å². The number of hydrogen-bond acceptors (Lipinski definition) is 3. The molecular formula is C25H18Cl2F4N2O2. The summed E-state index contributed by atoms with van der Waals surface area (Å²) >= 11 is 12.0. The van der Waals surface area contributed by atoms with Gasteiger partial charge < -0.3 is 9.74 Å². The van der Waals surface area contributed by atoms with E-state index in [0.717, 1.165) is 18.2 Å². The average molecular weight is 525 g/mol. The largest absolute Gasteiger partial charge is 0.416 e. The van der Waals surface area contributed by atoms with Crippen LogP contribution in [0.15, 0.2) is 71.9 Å². The third-order valence-corrected chi connectivity index (χ3v) is 6.16. The molecular weight excluding hydrogens is 507 g/mol. The first-order chi connectivity index (χ1) is 16.6. The minimum absolute atomic E-state index is 0.00451. The number of carbonyl (C=O) groups is 1. The molecule has 0 aliphatic carbocycles. The first-order valence-corrected chi connectivity index (χ1v) is 11.2. The summed E-state index contributed by atoms with van der Waals surface area (Å²) in [5, 5.41) is 4.85. The van der Waals surface area contributed by atoms with Gasteiger partial charge in [0.25, 0.3) is 5.91 Å². The molecule has 0 N–H and O–H groups in total. The van der Waals surface area contributed by atoms with Gasteiger partial charge in [0, 0.05) is 24.1 Å². The molecule has 4 nitrogen and oxygen atoms in total. The van der Waals surface area contributed by atoms with E-state index in [9.17, 15) is 22.4 Å². The van der Waals surface area contributed by atoms with E-state index in [-0.39, 0.29) is 18.7 Å². The lowest BCUT2D eigenvalue weighted by Gasteiger charge is -2.25. The van der Waals surface area contributed by atoms with Crippen LogP contribution in [0.3, 0.4) is 0 Å². The molecule has 0 bridgehead atoms. The van der Waals surface area contributed by atoms with E-state index in [1.165, 1.54) is 35.2 Å². The summed E-state index contributed by atoms with van der Waals surface area (Å²) < 4.78 is 52.5. The van der Waals surface area contributed by atoms with Crippen LogP contribution in [-0.2, 0) is 17.6 Å². The Balaban J connectivity index is 1.53. The fraction of sp³-hybridized carbons (Fsp3) is 0.200. The van der Waals surface area contributed by atoms with Gasteiger partial charge >= 0.3 is 6.18 Å². The van der Waals surface area contributed by atoms with E-state index in [1.807, 2.05) is 0 Å². The molecule has 0 saturated carbocycles. The highest BCUT2D eigenvalue weighted by Gasteiger charge is 2.31. The highest BCUT2D eigenvalue weighted by molar-refractivity contribution is 6.42. The lowest BCUT2D eigenvalue weighted by atomic mass is 10.0. The first-order valence-electron chi connectivity index (χ1n) is 10.5. The van der Waals surface area contributed by atoms with Crippen LogP contribution in [0.5, 0.6) is 0 Å². The van der Waals surface area contributed by atoms with Gasteiger partial charge in [0.15, 0.2) is 6.10 Å². The van der Waals surface area contributed by atoms with Crippen molar-refractivity contribution in [3.05, 3.63) is 105 Å². The maximum absolute atomic E-state index is 13.7. The van der Waals surface area contributed by atoms with Crippen LogP contribution in [0.25, 0.3) is 0 Å². The number of rotatable bonds is 6. The number of halogens is 6. The maximum atomic E-state index is 13.7.